The molecule has 18 heavy (non-hydrogen) atoms. The molecule has 1 rings (SSSR count). The first-order chi connectivity index (χ1) is 8.21. The first-order valence-corrected chi connectivity index (χ1v) is 6.72. The van der Waals surface area contributed by atoms with Crippen LogP contribution in [0.15, 0.2) is 27.6 Å². The molecule has 100 valence electrons. The lowest BCUT2D eigenvalue weighted by Gasteiger charge is -2.11. The van der Waals surface area contributed by atoms with E-state index in [2.05, 4.69) is 15.9 Å². The maximum atomic E-state index is 12.4. The van der Waals surface area contributed by atoms with Gasteiger partial charge in [0, 0.05) is 15.1 Å². The molecule has 0 aliphatic rings. The van der Waals surface area contributed by atoms with Gasteiger partial charge in [0.1, 0.15) is 0 Å². The third-order valence-corrected chi connectivity index (χ3v) is 4.42. The summed E-state index contributed by atoms with van der Waals surface area (Å²) in [5, 5.41) is 8.71. The highest BCUT2D eigenvalue weighted by atomic mass is 79.9. The molecule has 1 unspecified atom stereocenters. The van der Waals surface area contributed by atoms with Gasteiger partial charge in [0.05, 0.1) is 11.5 Å². The van der Waals surface area contributed by atoms with Crippen molar-refractivity contribution in [3.8, 4) is 0 Å². The number of thioether (sulfide) groups is 1. The number of benzene rings is 1. The molecule has 7 heteroatoms. The van der Waals surface area contributed by atoms with Crippen LogP contribution in [0.2, 0.25) is 0 Å². The molecule has 2 nitrogen and oxygen atoms in total. The number of halogens is 4. The van der Waals surface area contributed by atoms with Crippen LogP contribution < -0.4 is 0 Å². The third-order valence-electron chi connectivity index (χ3n) is 2.17. The van der Waals surface area contributed by atoms with Gasteiger partial charge in [-0.1, -0.05) is 6.92 Å². The molecule has 0 amide bonds. The van der Waals surface area contributed by atoms with Crippen LogP contribution in [0.4, 0.5) is 13.2 Å². The Balaban J connectivity index is 2.78. The Kier molecular flexibility index (Phi) is 5.10. The molecular formula is C11H10BrF3O2S. The topological polar surface area (TPSA) is 37.3 Å². The third kappa shape index (κ3) is 4.20. The lowest BCUT2D eigenvalue weighted by Crippen LogP contribution is -2.11. The molecule has 1 aromatic rings. The quantitative estimate of drug-likeness (QED) is 0.829. The van der Waals surface area contributed by atoms with Crippen molar-refractivity contribution in [1.82, 2.24) is 0 Å². The Morgan fingerprint density at radius 2 is 2.11 bits per heavy atom. The highest BCUT2D eigenvalue weighted by Gasteiger charge is 2.30. The van der Waals surface area contributed by atoms with E-state index in [4.69, 9.17) is 5.11 Å². The van der Waals surface area contributed by atoms with Gasteiger partial charge in [0.15, 0.2) is 0 Å². The van der Waals surface area contributed by atoms with Crippen LogP contribution in [-0.4, -0.2) is 16.8 Å². The second-order valence-electron chi connectivity index (χ2n) is 3.69. The molecule has 0 fully saturated rings. The van der Waals surface area contributed by atoms with Gasteiger partial charge in [-0.2, -0.15) is 13.2 Å². The van der Waals surface area contributed by atoms with Crippen LogP contribution >= 0.6 is 27.7 Å². The summed E-state index contributed by atoms with van der Waals surface area (Å²) in [6, 6.07) is 3.32. The van der Waals surface area contributed by atoms with E-state index in [0.717, 1.165) is 12.1 Å². The molecular weight excluding hydrogens is 333 g/mol. The minimum atomic E-state index is -4.37. The number of rotatable bonds is 4. The maximum absolute atomic E-state index is 12.4. The molecule has 1 aromatic carbocycles. The second-order valence-corrected chi connectivity index (χ2v) is 5.61. The van der Waals surface area contributed by atoms with Crippen LogP contribution in [0.3, 0.4) is 0 Å². The van der Waals surface area contributed by atoms with E-state index in [1.54, 1.807) is 6.92 Å². The summed E-state index contributed by atoms with van der Waals surface area (Å²) in [7, 11) is 0. The van der Waals surface area contributed by atoms with Gasteiger partial charge < -0.3 is 5.11 Å². The molecule has 0 saturated carbocycles. The fourth-order valence-electron chi connectivity index (χ4n) is 1.08. The second kappa shape index (κ2) is 5.97. The standard InChI is InChI=1S/C11H10BrF3O2S/c1-6(10(16)17)5-18-9-3-2-7(4-8(9)12)11(13,14)15/h2-4,6H,5H2,1H3,(H,16,17). The molecule has 0 aliphatic heterocycles. The zero-order valence-corrected chi connectivity index (χ0v) is 11.7. The largest absolute Gasteiger partial charge is 0.481 e. The Morgan fingerprint density at radius 1 is 1.50 bits per heavy atom. The van der Waals surface area contributed by atoms with E-state index < -0.39 is 23.6 Å². The Morgan fingerprint density at radius 3 is 2.56 bits per heavy atom. The van der Waals surface area contributed by atoms with Gasteiger partial charge in [-0.15, -0.1) is 11.8 Å². The fourth-order valence-corrected chi connectivity index (χ4v) is 2.74. The summed E-state index contributed by atoms with van der Waals surface area (Å²) in [4.78, 5) is 11.2. The minimum Gasteiger partial charge on any atom is -0.481 e. The average molecular weight is 343 g/mol. The van der Waals surface area contributed by atoms with Crippen molar-refractivity contribution in [3.63, 3.8) is 0 Å². The summed E-state index contributed by atoms with van der Waals surface area (Å²) in [5.74, 6) is -1.17. The highest BCUT2D eigenvalue weighted by molar-refractivity contribution is 9.10. The van der Waals surface area contributed by atoms with Gasteiger partial charge in [0.25, 0.3) is 0 Å². The first-order valence-electron chi connectivity index (χ1n) is 4.94. The van der Waals surface area contributed by atoms with Crippen molar-refractivity contribution in [2.45, 2.75) is 18.0 Å². The molecule has 0 aliphatic carbocycles. The Hall–Kier alpha value is -0.690. The van der Waals surface area contributed by atoms with Crippen molar-refractivity contribution >= 4 is 33.7 Å². The predicted molar refractivity (Wildman–Crippen MR) is 66.7 cm³/mol. The van der Waals surface area contributed by atoms with Gasteiger partial charge in [-0.25, -0.2) is 0 Å². The van der Waals surface area contributed by atoms with Crippen molar-refractivity contribution in [2.24, 2.45) is 5.92 Å². The summed E-state index contributed by atoms with van der Waals surface area (Å²) in [6.07, 6.45) is -4.37. The molecule has 0 radical (unpaired) electrons. The van der Waals surface area contributed by atoms with E-state index in [0.29, 0.717) is 15.1 Å². The number of hydrogen-bond donors (Lipinski definition) is 1. The number of carboxylic acid groups (broad SMARTS) is 1. The van der Waals surface area contributed by atoms with Crippen molar-refractivity contribution < 1.29 is 23.1 Å². The van der Waals surface area contributed by atoms with Gasteiger partial charge in [0.2, 0.25) is 0 Å². The number of aliphatic carboxylic acids is 1. The normalized spacial score (nSPS) is 13.4. The monoisotopic (exact) mass is 342 g/mol. The first kappa shape index (κ1) is 15.4. The molecule has 0 spiro atoms. The number of carboxylic acids is 1. The molecule has 0 heterocycles. The predicted octanol–water partition coefficient (Wildman–Crippen LogP) is 4.28. The summed E-state index contributed by atoms with van der Waals surface area (Å²) in [5.41, 5.74) is -0.731. The molecule has 1 N–H and O–H groups in total. The SMILES string of the molecule is CC(CSc1ccc(C(F)(F)F)cc1Br)C(=O)O. The Labute approximate surface area is 115 Å². The Bertz CT molecular complexity index is 448. The molecule has 0 aromatic heterocycles. The van der Waals surface area contributed by atoms with Gasteiger partial charge in [-0.05, 0) is 34.1 Å². The lowest BCUT2D eigenvalue weighted by molar-refractivity contribution is -0.140. The van der Waals surface area contributed by atoms with Gasteiger partial charge in [-0.3, -0.25) is 4.79 Å². The van der Waals surface area contributed by atoms with E-state index in [1.165, 1.54) is 17.8 Å². The van der Waals surface area contributed by atoms with Crippen molar-refractivity contribution in [1.29, 1.82) is 0 Å². The minimum absolute atomic E-state index is 0.305. The smallest absolute Gasteiger partial charge is 0.416 e. The number of alkyl halides is 3. The van der Waals surface area contributed by atoms with E-state index in [-0.39, 0.29) is 0 Å². The van der Waals surface area contributed by atoms with E-state index in [9.17, 15) is 18.0 Å². The van der Waals surface area contributed by atoms with Crippen LogP contribution in [0.5, 0.6) is 0 Å². The molecule has 0 saturated heterocycles. The molecule has 1 atom stereocenters. The van der Waals surface area contributed by atoms with E-state index in [1.807, 2.05) is 0 Å². The summed E-state index contributed by atoms with van der Waals surface area (Å²) in [6.45, 7) is 1.55. The maximum Gasteiger partial charge on any atom is 0.416 e. The van der Waals surface area contributed by atoms with Crippen molar-refractivity contribution in [3.05, 3.63) is 28.2 Å². The number of hydrogen-bond acceptors (Lipinski definition) is 2. The highest BCUT2D eigenvalue weighted by Crippen LogP contribution is 2.35. The van der Waals surface area contributed by atoms with E-state index >= 15 is 0 Å². The van der Waals surface area contributed by atoms with Crippen LogP contribution in [0.1, 0.15) is 12.5 Å². The summed E-state index contributed by atoms with van der Waals surface area (Å²) < 4.78 is 37.6. The van der Waals surface area contributed by atoms with Gasteiger partial charge >= 0.3 is 12.1 Å². The average Bonchev–Trinajstić information content (AvgIpc) is 2.25. The summed E-state index contributed by atoms with van der Waals surface area (Å²) >= 11 is 4.27. The zero-order valence-electron chi connectivity index (χ0n) is 9.29. The lowest BCUT2D eigenvalue weighted by atomic mass is 10.2. The van der Waals surface area contributed by atoms with Crippen LogP contribution in [-0.2, 0) is 11.0 Å². The number of carbonyl (C=O) groups is 1. The van der Waals surface area contributed by atoms with Crippen LogP contribution in [0, 0.1) is 5.92 Å². The molecule has 0 bridgehead atoms. The zero-order chi connectivity index (χ0) is 13.9. The van der Waals surface area contributed by atoms with Crippen molar-refractivity contribution in [2.75, 3.05) is 5.75 Å². The fraction of sp³-hybridized carbons (Fsp3) is 0.364. The van der Waals surface area contributed by atoms with Crippen LogP contribution in [0.25, 0.3) is 0 Å².